The molecule has 11 heteroatoms. The maximum absolute atomic E-state index is 14.2. The van der Waals surface area contributed by atoms with E-state index in [1.54, 1.807) is 73.7 Å². The van der Waals surface area contributed by atoms with Gasteiger partial charge in [-0.2, -0.15) is 0 Å². The number of nitrogens with one attached hydrogen (secondary N) is 1. The van der Waals surface area contributed by atoms with Crippen molar-refractivity contribution in [2.24, 2.45) is 0 Å². The first kappa shape index (κ1) is 34.8. The van der Waals surface area contributed by atoms with Gasteiger partial charge in [-0.3, -0.25) is 13.9 Å². The predicted octanol–water partition coefficient (Wildman–Crippen LogP) is 7.62. The van der Waals surface area contributed by atoms with Crippen LogP contribution in [-0.2, 0) is 26.2 Å². The molecule has 0 fully saturated rings. The Morgan fingerprint density at radius 1 is 0.870 bits per heavy atom. The molecule has 46 heavy (non-hydrogen) atoms. The van der Waals surface area contributed by atoms with Crippen LogP contribution >= 0.6 is 23.2 Å². The molecule has 1 N–H and O–H groups in total. The van der Waals surface area contributed by atoms with Crippen molar-refractivity contribution < 1.29 is 22.7 Å². The maximum Gasteiger partial charge on any atom is 0.264 e. The highest BCUT2D eigenvalue weighted by Gasteiger charge is 2.33. The molecule has 0 aliphatic rings. The monoisotopic (exact) mass is 681 g/mol. The molecule has 0 saturated carbocycles. The molecule has 0 aliphatic heterocycles. The SMILES string of the molecule is Cc1ccc(S(=O)(=O)N(CC(=O)N(Cc2ccc(Cl)cc2Cl)[C@H](C)C(=O)NC(C)(C)C)c2ccc(Oc3ccccc3)cc2)cc1. The van der Waals surface area contributed by atoms with Gasteiger partial charge in [0.25, 0.3) is 10.0 Å². The van der Waals surface area contributed by atoms with Gasteiger partial charge in [0, 0.05) is 22.1 Å². The highest BCUT2D eigenvalue weighted by molar-refractivity contribution is 7.92. The Labute approximate surface area is 280 Å². The fourth-order valence-corrected chi connectivity index (χ4v) is 6.44. The summed E-state index contributed by atoms with van der Waals surface area (Å²) >= 11 is 12.6. The summed E-state index contributed by atoms with van der Waals surface area (Å²) in [4.78, 5) is 28.9. The van der Waals surface area contributed by atoms with Crippen molar-refractivity contribution in [1.29, 1.82) is 0 Å². The molecule has 4 rings (SSSR count). The molecule has 0 aliphatic carbocycles. The number of sulfonamides is 1. The highest BCUT2D eigenvalue weighted by Crippen LogP contribution is 2.29. The zero-order chi connectivity index (χ0) is 33.6. The summed E-state index contributed by atoms with van der Waals surface area (Å²) in [5.74, 6) is 0.0955. The smallest absolute Gasteiger partial charge is 0.264 e. The summed E-state index contributed by atoms with van der Waals surface area (Å²) in [6, 6.07) is 25.9. The third-order valence-corrected chi connectivity index (χ3v) is 9.39. The predicted molar refractivity (Wildman–Crippen MR) is 183 cm³/mol. The van der Waals surface area contributed by atoms with Gasteiger partial charge in [0.05, 0.1) is 10.6 Å². The second-order valence-electron chi connectivity index (χ2n) is 11.9. The molecule has 0 heterocycles. The largest absolute Gasteiger partial charge is 0.457 e. The van der Waals surface area contributed by atoms with E-state index in [1.165, 1.54) is 17.0 Å². The minimum Gasteiger partial charge on any atom is -0.457 e. The number of para-hydroxylation sites is 1. The van der Waals surface area contributed by atoms with E-state index < -0.39 is 40.0 Å². The zero-order valence-corrected chi connectivity index (χ0v) is 28.7. The number of hydrogen-bond acceptors (Lipinski definition) is 5. The standard InChI is InChI=1S/C35H37Cl2N3O5S/c1-24-11-19-31(20-12-24)46(43,44)40(28-15-17-30(18-16-28)45-29-9-7-6-8-10-29)23-33(41)39(25(2)34(42)38-35(3,4)5)22-26-13-14-27(36)21-32(26)37/h6-21,25H,22-23H2,1-5H3,(H,38,42)/t25-/m1/s1. The van der Waals surface area contributed by atoms with Crippen molar-refractivity contribution in [2.45, 2.75) is 57.6 Å². The lowest BCUT2D eigenvalue weighted by Crippen LogP contribution is -2.54. The summed E-state index contributed by atoms with van der Waals surface area (Å²) in [6.07, 6.45) is 0. The first-order chi connectivity index (χ1) is 21.6. The van der Waals surface area contributed by atoms with E-state index in [2.05, 4.69) is 5.32 Å². The van der Waals surface area contributed by atoms with E-state index in [0.29, 0.717) is 27.1 Å². The van der Waals surface area contributed by atoms with Crippen LogP contribution in [0.4, 0.5) is 5.69 Å². The fourth-order valence-electron chi connectivity index (χ4n) is 4.56. The Balaban J connectivity index is 1.73. The number of aryl methyl sites for hydroxylation is 1. The molecule has 242 valence electrons. The van der Waals surface area contributed by atoms with Crippen LogP contribution in [0.2, 0.25) is 10.0 Å². The lowest BCUT2D eigenvalue weighted by molar-refractivity contribution is -0.140. The van der Waals surface area contributed by atoms with Gasteiger partial charge in [-0.15, -0.1) is 0 Å². The van der Waals surface area contributed by atoms with Crippen molar-refractivity contribution in [2.75, 3.05) is 10.8 Å². The van der Waals surface area contributed by atoms with Crippen LogP contribution in [0.5, 0.6) is 11.5 Å². The van der Waals surface area contributed by atoms with Gasteiger partial charge in [0.2, 0.25) is 11.8 Å². The molecule has 2 amide bonds. The molecule has 4 aromatic carbocycles. The molecule has 0 spiro atoms. The Morgan fingerprint density at radius 3 is 2.07 bits per heavy atom. The second-order valence-corrected chi connectivity index (χ2v) is 14.6. The molecule has 1 atom stereocenters. The summed E-state index contributed by atoms with van der Waals surface area (Å²) < 4.78 is 35.2. The average molecular weight is 683 g/mol. The van der Waals surface area contributed by atoms with Crippen molar-refractivity contribution in [3.63, 3.8) is 0 Å². The van der Waals surface area contributed by atoms with Crippen LogP contribution in [0.25, 0.3) is 0 Å². The number of rotatable bonds is 11. The Bertz CT molecular complexity index is 1780. The van der Waals surface area contributed by atoms with E-state index >= 15 is 0 Å². The number of benzene rings is 4. The number of hydrogen-bond donors (Lipinski definition) is 1. The molecule has 0 unspecified atom stereocenters. The summed E-state index contributed by atoms with van der Waals surface area (Å²) in [7, 11) is -4.23. The topological polar surface area (TPSA) is 96.0 Å². The molecule has 0 saturated heterocycles. The van der Waals surface area contributed by atoms with Crippen LogP contribution in [0.3, 0.4) is 0 Å². The first-order valence-corrected chi connectivity index (χ1v) is 16.8. The van der Waals surface area contributed by atoms with Crippen molar-refractivity contribution >= 4 is 50.7 Å². The summed E-state index contributed by atoms with van der Waals surface area (Å²) in [6.45, 7) is 8.30. The van der Waals surface area contributed by atoms with Gasteiger partial charge in [0.15, 0.2) is 0 Å². The number of ether oxygens (including phenoxy) is 1. The van der Waals surface area contributed by atoms with E-state index in [-0.39, 0.29) is 17.1 Å². The Morgan fingerprint density at radius 2 is 1.48 bits per heavy atom. The molecule has 0 aromatic heterocycles. The average Bonchev–Trinajstić information content (AvgIpc) is 2.99. The van der Waals surface area contributed by atoms with E-state index in [9.17, 15) is 18.0 Å². The van der Waals surface area contributed by atoms with Crippen molar-refractivity contribution in [3.05, 3.63) is 118 Å². The van der Waals surface area contributed by atoms with E-state index in [0.717, 1.165) is 9.87 Å². The maximum atomic E-state index is 14.2. The Hall–Kier alpha value is -4.05. The van der Waals surface area contributed by atoms with Gasteiger partial charge < -0.3 is 15.0 Å². The first-order valence-electron chi connectivity index (χ1n) is 14.6. The van der Waals surface area contributed by atoms with Gasteiger partial charge in [-0.05, 0) is 101 Å². The normalized spacial score (nSPS) is 12.2. The minimum absolute atomic E-state index is 0.0151. The molecule has 8 nitrogen and oxygen atoms in total. The van der Waals surface area contributed by atoms with Crippen LogP contribution in [0, 0.1) is 6.92 Å². The highest BCUT2D eigenvalue weighted by atomic mass is 35.5. The lowest BCUT2D eigenvalue weighted by atomic mass is 10.1. The van der Waals surface area contributed by atoms with Crippen LogP contribution < -0.4 is 14.4 Å². The van der Waals surface area contributed by atoms with Crippen molar-refractivity contribution in [3.8, 4) is 11.5 Å². The number of nitrogens with zero attached hydrogens (tertiary/aromatic N) is 2. The number of halogens is 2. The van der Waals surface area contributed by atoms with E-state index in [1.807, 2.05) is 45.9 Å². The van der Waals surface area contributed by atoms with Gasteiger partial charge >= 0.3 is 0 Å². The van der Waals surface area contributed by atoms with Crippen LogP contribution in [-0.4, -0.2) is 43.3 Å². The summed E-state index contributed by atoms with van der Waals surface area (Å²) in [5, 5.41) is 3.63. The van der Waals surface area contributed by atoms with Gasteiger partial charge in [-0.1, -0.05) is 65.2 Å². The molecule has 4 aromatic rings. The third kappa shape index (κ3) is 9.02. The molecule has 0 bridgehead atoms. The third-order valence-electron chi connectivity index (χ3n) is 7.01. The number of anilines is 1. The zero-order valence-electron chi connectivity index (χ0n) is 26.3. The van der Waals surface area contributed by atoms with Crippen molar-refractivity contribution in [1.82, 2.24) is 10.2 Å². The number of carbonyl (C=O) groups is 2. The lowest BCUT2D eigenvalue weighted by Gasteiger charge is -2.33. The second kappa shape index (κ2) is 14.6. The van der Waals surface area contributed by atoms with Gasteiger partial charge in [-0.25, -0.2) is 8.42 Å². The minimum atomic E-state index is -4.23. The van der Waals surface area contributed by atoms with Gasteiger partial charge in [0.1, 0.15) is 24.1 Å². The number of amides is 2. The Kier molecular flexibility index (Phi) is 11.0. The fraction of sp³-hybridized carbons (Fsp3) is 0.257. The van der Waals surface area contributed by atoms with Crippen LogP contribution in [0.1, 0.15) is 38.8 Å². The summed E-state index contributed by atoms with van der Waals surface area (Å²) in [5.41, 5.74) is 1.10. The molecule has 0 radical (unpaired) electrons. The quantitative estimate of drug-likeness (QED) is 0.176. The number of carbonyl (C=O) groups excluding carboxylic acids is 2. The molecular formula is C35H37Cl2N3O5S. The molecular weight excluding hydrogens is 645 g/mol. The van der Waals surface area contributed by atoms with Crippen LogP contribution in [0.15, 0.2) is 102 Å². The van der Waals surface area contributed by atoms with E-state index in [4.69, 9.17) is 27.9 Å².